The Kier molecular flexibility index (Phi) is 4.59. The predicted molar refractivity (Wildman–Crippen MR) is 40.2 cm³/mol. The third-order valence-electron chi connectivity index (χ3n) is 0.895. The average Bonchev–Trinajstić information content (AvgIpc) is 1.59. The maximum Gasteiger partial charge on any atom is 0.390 e. The Bertz CT molecular complexity index is 93.4. The Morgan fingerprint density at radius 1 is 1.40 bits per heavy atom. The molecule has 0 radical (unpaired) electrons. The molecule has 0 fully saturated rings. The Morgan fingerprint density at radius 3 is 2.20 bits per heavy atom. The zero-order chi connectivity index (χ0) is 8.20. The van der Waals surface area contributed by atoms with Crippen LogP contribution in [0.4, 0.5) is 13.2 Å². The fraction of sp³-hybridized carbons (Fsp3) is 1.00. The van der Waals surface area contributed by atoms with Crippen LogP contribution in [-0.4, -0.2) is 21.8 Å². The van der Waals surface area contributed by atoms with Gasteiger partial charge in [-0.25, -0.2) is 0 Å². The smallest absolute Gasteiger partial charge is 0.390 e. The summed E-state index contributed by atoms with van der Waals surface area (Å²) in [5.74, 6) is 0. The van der Waals surface area contributed by atoms with Crippen LogP contribution >= 0.6 is 22.6 Å². The van der Waals surface area contributed by atoms with Crippen molar-refractivity contribution in [1.29, 1.82) is 0 Å². The van der Waals surface area contributed by atoms with Gasteiger partial charge in [0.1, 0.15) is 0 Å². The highest BCUT2D eigenvalue weighted by molar-refractivity contribution is 14.1. The monoisotopic (exact) mass is 268 g/mol. The van der Waals surface area contributed by atoms with Gasteiger partial charge in [-0.05, 0) is 6.42 Å². The van der Waals surface area contributed by atoms with Crippen molar-refractivity contribution < 1.29 is 18.3 Å². The summed E-state index contributed by atoms with van der Waals surface area (Å²) in [6, 6.07) is 0. The van der Waals surface area contributed by atoms with Gasteiger partial charge in [-0.2, -0.15) is 13.2 Å². The van der Waals surface area contributed by atoms with E-state index in [0.29, 0.717) is 0 Å². The van der Waals surface area contributed by atoms with E-state index >= 15 is 0 Å². The second-order valence-corrected chi connectivity index (χ2v) is 3.69. The van der Waals surface area contributed by atoms with Crippen LogP contribution in [0, 0.1) is 0 Å². The van der Waals surface area contributed by atoms with Gasteiger partial charge in [-0.15, -0.1) is 0 Å². The van der Waals surface area contributed by atoms with Crippen LogP contribution in [0.2, 0.25) is 0 Å². The first-order valence-electron chi connectivity index (χ1n) is 2.77. The quantitative estimate of drug-likeness (QED) is 0.614. The van der Waals surface area contributed by atoms with Gasteiger partial charge >= 0.3 is 6.18 Å². The van der Waals surface area contributed by atoms with E-state index in [0.717, 1.165) is 0 Å². The summed E-state index contributed by atoms with van der Waals surface area (Å²) in [5, 5.41) is 8.26. The van der Waals surface area contributed by atoms with E-state index in [4.69, 9.17) is 5.11 Å². The normalized spacial score (nSPS) is 15.3. The number of aliphatic hydroxyl groups is 1. The van der Waals surface area contributed by atoms with Crippen LogP contribution in [0.3, 0.4) is 0 Å². The van der Waals surface area contributed by atoms with Gasteiger partial charge in [0.05, 0.1) is 6.42 Å². The number of hydrogen-bond donors (Lipinski definition) is 1. The molecule has 0 bridgehead atoms. The first-order chi connectivity index (χ1) is 4.45. The van der Waals surface area contributed by atoms with Gasteiger partial charge in [0.25, 0.3) is 0 Å². The highest BCUT2D eigenvalue weighted by Crippen LogP contribution is 2.26. The van der Waals surface area contributed by atoms with E-state index in [1.54, 1.807) is 22.6 Å². The lowest BCUT2D eigenvalue weighted by molar-refractivity contribution is -0.133. The van der Waals surface area contributed by atoms with Crippen molar-refractivity contribution in [2.75, 3.05) is 6.61 Å². The molecule has 0 saturated carbocycles. The zero-order valence-corrected chi connectivity index (χ0v) is 7.32. The van der Waals surface area contributed by atoms with E-state index in [1.807, 2.05) is 0 Å². The molecule has 0 aromatic heterocycles. The van der Waals surface area contributed by atoms with Gasteiger partial charge in [-0.3, -0.25) is 0 Å². The van der Waals surface area contributed by atoms with Crippen molar-refractivity contribution in [1.82, 2.24) is 0 Å². The van der Waals surface area contributed by atoms with Crippen molar-refractivity contribution in [2.24, 2.45) is 0 Å². The molecule has 0 unspecified atom stereocenters. The van der Waals surface area contributed by atoms with E-state index in [1.165, 1.54) is 0 Å². The van der Waals surface area contributed by atoms with E-state index < -0.39 is 16.5 Å². The Morgan fingerprint density at radius 2 is 1.90 bits per heavy atom. The largest absolute Gasteiger partial charge is 0.396 e. The van der Waals surface area contributed by atoms with Crippen molar-refractivity contribution in [3.8, 4) is 0 Å². The number of rotatable bonds is 3. The maximum absolute atomic E-state index is 11.5. The standard InChI is InChI=1S/C5H8F3IO/c6-5(7,8)3-4(9)1-2-10/h4,10H,1-3H2/t4-/m0/s1. The molecule has 0 spiro atoms. The van der Waals surface area contributed by atoms with Crippen LogP contribution in [0.15, 0.2) is 0 Å². The van der Waals surface area contributed by atoms with Gasteiger partial charge < -0.3 is 5.11 Å². The van der Waals surface area contributed by atoms with Crippen LogP contribution < -0.4 is 0 Å². The fourth-order valence-corrected chi connectivity index (χ4v) is 1.27. The van der Waals surface area contributed by atoms with Crippen LogP contribution in [0.5, 0.6) is 0 Å². The molecule has 0 aromatic rings. The second-order valence-electron chi connectivity index (χ2n) is 1.93. The topological polar surface area (TPSA) is 20.2 Å². The third-order valence-corrected chi connectivity index (χ3v) is 1.96. The van der Waals surface area contributed by atoms with Crippen LogP contribution in [0.1, 0.15) is 12.8 Å². The lowest BCUT2D eigenvalue weighted by atomic mass is 10.2. The van der Waals surface area contributed by atoms with Gasteiger partial charge in [0.15, 0.2) is 0 Å². The van der Waals surface area contributed by atoms with Crippen LogP contribution in [-0.2, 0) is 0 Å². The summed E-state index contributed by atoms with van der Waals surface area (Å²) in [6.45, 7) is -0.177. The van der Waals surface area contributed by atoms with E-state index in [-0.39, 0.29) is 13.0 Å². The third kappa shape index (κ3) is 6.60. The van der Waals surface area contributed by atoms with Gasteiger partial charge in [0, 0.05) is 10.5 Å². The Labute approximate surface area is 70.8 Å². The van der Waals surface area contributed by atoms with Gasteiger partial charge in [-0.1, -0.05) is 22.6 Å². The van der Waals surface area contributed by atoms with Crippen LogP contribution in [0.25, 0.3) is 0 Å². The van der Waals surface area contributed by atoms with Crippen molar-refractivity contribution in [2.45, 2.75) is 22.9 Å². The molecule has 0 aliphatic carbocycles. The second kappa shape index (κ2) is 4.38. The SMILES string of the molecule is OCC[C@H](I)CC(F)(F)F. The lowest BCUT2D eigenvalue weighted by Crippen LogP contribution is -2.15. The Hall–Kier alpha value is 0.480. The maximum atomic E-state index is 11.5. The predicted octanol–water partition coefficient (Wildman–Crippen LogP) is 2.12. The fourth-order valence-electron chi connectivity index (χ4n) is 0.493. The number of alkyl halides is 4. The number of aliphatic hydroxyl groups excluding tert-OH is 1. The highest BCUT2D eigenvalue weighted by Gasteiger charge is 2.30. The molecule has 0 aliphatic rings. The molecule has 5 heteroatoms. The first-order valence-corrected chi connectivity index (χ1v) is 4.02. The molecular weight excluding hydrogens is 260 g/mol. The minimum Gasteiger partial charge on any atom is -0.396 e. The molecule has 0 amide bonds. The lowest BCUT2D eigenvalue weighted by Gasteiger charge is -2.10. The summed E-state index contributed by atoms with van der Waals surface area (Å²) >= 11 is 1.69. The van der Waals surface area contributed by atoms with Crippen molar-refractivity contribution in [3.63, 3.8) is 0 Å². The minimum atomic E-state index is -4.10. The molecule has 0 rings (SSSR count). The summed E-state index contributed by atoms with van der Waals surface area (Å²) in [7, 11) is 0. The van der Waals surface area contributed by atoms with Crippen molar-refractivity contribution >= 4 is 22.6 Å². The molecule has 0 heterocycles. The van der Waals surface area contributed by atoms with Gasteiger partial charge in [0.2, 0.25) is 0 Å². The zero-order valence-electron chi connectivity index (χ0n) is 5.16. The molecular formula is C5H8F3IO. The molecule has 0 aromatic carbocycles. The number of halogens is 4. The minimum absolute atomic E-state index is 0.177. The summed E-state index contributed by atoms with van der Waals surface area (Å²) < 4.78 is 34.1. The molecule has 1 atom stereocenters. The summed E-state index contributed by atoms with van der Waals surface area (Å²) in [6.07, 6.45) is -4.70. The Balaban J connectivity index is 3.47. The first kappa shape index (κ1) is 10.5. The molecule has 0 aliphatic heterocycles. The summed E-state index contributed by atoms with van der Waals surface area (Å²) in [5.41, 5.74) is 0. The molecule has 1 nitrogen and oxygen atoms in total. The average molecular weight is 268 g/mol. The molecule has 1 N–H and O–H groups in total. The van der Waals surface area contributed by atoms with E-state index in [9.17, 15) is 13.2 Å². The molecule has 10 heavy (non-hydrogen) atoms. The molecule has 62 valence electrons. The van der Waals surface area contributed by atoms with E-state index in [2.05, 4.69) is 0 Å². The van der Waals surface area contributed by atoms with Crippen molar-refractivity contribution in [3.05, 3.63) is 0 Å². The number of hydrogen-bond acceptors (Lipinski definition) is 1. The highest BCUT2D eigenvalue weighted by atomic mass is 127. The summed E-state index contributed by atoms with van der Waals surface area (Å²) in [4.78, 5) is 0. The molecule has 0 saturated heterocycles.